The van der Waals surface area contributed by atoms with Crippen molar-refractivity contribution in [2.24, 2.45) is 17.8 Å². The van der Waals surface area contributed by atoms with Crippen molar-refractivity contribution in [1.82, 2.24) is 10.2 Å². The highest BCUT2D eigenvalue weighted by Gasteiger charge is 2.46. The smallest absolute Gasteiger partial charge is 0.246 e. The Balaban J connectivity index is 2.29. The van der Waals surface area contributed by atoms with Crippen LogP contribution in [0, 0.1) is 17.8 Å². The summed E-state index contributed by atoms with van der Waals surface area (Å²) in [5, 5.41) is 2.95. The molecule has 0 aromatic heterocycles. The van der Waals surface area contributed by atoms with Crippen LogP contribution in [0.4, 0.5) is 0 Å². The first-order valence-electron chi connectivity index (χ1n) is 8.45. The Morgan fingerprint density at radius 2 is 1.76 bits per heavy atom. The van der Waals surface area contributed by atoms with Crippen LogP contribution in [-0.2, 0) is 9.59 Å². The second-order valence-corrected chi connectivity index (χ2v) is 7.59. The van der Waals surface area contributed by atoms with E-state index in [4.69, 9.17) is 0 Å². The minimum Gasteiger partial charge on any atom is -0.342 e. The van der Waals surface area contributed by atoms with Crippen molar-refractivity contribution in [1.29, 1.82) is 0 Å². The molecule has 0 spiro atoms. The van der Waals surface area contributed by atoms with Crippen molar-refractivity contribution in [3.63, 3.8) is 0 Å². The van der Waals surface area contributed by atoms with E-state index in [-0.39, 0.29) is 41.8 Å². The molecule has 0 aromatic rings. The third kappa shape index (κ3) is 3.24. The summed E-state index contributed by atoms with van der Waals surface area (Å²) in [6, 6.07) is -0.423. The lowest BCUT2D eigenvalue weighted by Crippen LogP contribution is -2.68. The maximum atomic E-state index is 12.9. The molecule has 0 aromatic carbocycles. The predicted octanol–water partition coefficient (Wildman–Crippen LogP) is 2.57. The predicted molar refractivity (Wildman–Crippen MR) is 83.7 cm³/mol. The van der Waals surface area contributed by atoms with Gasteiger partial charge in [-0.3, -0.25) is 9.59 Å². The average Bonchev–Trinajstić information content (AvgIpc) is 2.39. The van der Waals surface area contributed by atoms with Crippen LogP contribution in [0.2, 0.25) is 0 Å². The molecular weight excluding hydrogens is 264 g/mol. The largest absolute Gasteiger partial charge is 0.342 e. The number of piperazine rings is 1. The monoisotopic (exact) mass is 294 g/mol. The summed E-state index contributed by atoms with van der Waals surface area (Å²) >= 11 is 0. The molecule has 4 atom stereocenters. The second kappa shape index (κ2) is 6.37. The van der Waals surface area contributed by atoms with Crippen LogP contribution < -0.4 is 5.32 Å². The summed E-state index contributed by atoms with van der Waals surface area (Å²) in [5.41, 5.74) is 0. The highest BCUT2D eigenvalue weighted by Crippen LogP contribution is 2.32. The summed E-state index contributed by atoms with van der Waals surface area (Å²) < 4.78 is 0. The van der Waals surface area contributed by atoms with E-state index < -0.39 is 0 Å². The van der Waals surface area contributed by atoms with Crippen LogP contribution >= 0.6 is 0 Å². The van der Waals surface area contributed by atoms with Crippen molar-refractivity contribution >= 4 is 11.8 Å². The number of rotatable bonds is 3. The van der Waals surface area contributed by atoms with Crippen molar-refractivity contribution < 1.29 is 9.59 Å². The minimum absolute atomic E-state index is 0.0292. The third-order valence-electron chi connectivity index (χ3n) is 4.99. The lowest BCUT2D eigenvalue weighted by Gasteiger charge is -2.47. The van der Waals surface area contributed by atoms with Crippen molar-refractivity contribution in [2.75, 3.05) is 0 Å². The van der Waals surface area contributed by atoms with Gasteiger partial charge in [0.2, 0.25) is 11.8 Å². The molecular formula is C17H30N2O2. The van der Waals surface area contributed by atoms with Gasteiger partial charge in [-0.15, -0.1) is 0 Å². The molecule has 2 rings (SSSR count). The zero-order valence-electron chi connectivity index (χ0n) is 14.1. The molecule has 120 valence electrons. The minimum atomic E-state index is -0.357. The molecule has 0 bridgehead atoms. The maximum Gasteiger partial charge on any atom is 0.246 e. The quantitative estimate of drug-likeness (QED) is 0.869. The van der Waals surface area contributed by atoms with Gasteiger partial charge in [-0.25, -0.2) is 0 Å². The van der Waals surface area contributed by atoms with Gasteiger partial charge >= 0.3 is 0 Å². The van der Waals surface area contributed by atoms with E-state index in [0.717, 1.165) is 19.3 Å². The first-order valence-corrected chi connectivity index (χ1v) is 8.45. The molecule has 4 heteroatoms. The summed E-state index contributed by atoms with van der Waals surface area (Å²) in [4.78, 5) is 27.4. The fourth-order valence-electron chi connectivity index (χ4n) is 3.86. The van der Waals surface area contributed by atoms with Crippen LogP contribution in [0.25, 0.3) is 0 Å². The normalized spacial score (nSPS) is 34.5. The van der Waals surface area contributed by atoms with Crippen LogP contribution in [0.3, 0.4) is 0 Å². The van der Waals surface area contributed by atoms with Crippen LogP contribution in [-0.4, -0.2) is 34.8 Å². The lowest BCUT2D eigenvalue weighted by molar-refractivity contribution is -0.156. The fraction of sp³-hybridized carbons (Fsp3) is 0.882. The van der Waals surface area contributed by atoms with E-state index in [1.54, 1.807) is 0 Å². The number of carbonyl (C=O) groups is 2. The van der Waals surface area contributed by atoms with Gasteiger partial charge in [0.05, 0.1) is 0 Å². The Labute approximate surface area is 128 Å². The second-order valence-electron chi connectivity index (χ2n) is 7.59. The van der Waals surface area contributed by atoms with Gasteiger partial charge in [0.15, 0.2) is 0 Å². The molecule has 4 unspecified atom stereocenters. The van der Waals surface area contributed by atoms with Crippen LogP contribution in [0.5, 0.6) is 0 Å². The van der Waals surface area contributed by atoms with Gasteiger partial charge in [-0.05, 0) is 30.6 Å². The Morgan fingerprint density at radius 3 is 2.29 bits per heavy atom. The fourth-order valence-corrected chi connectivity index (χ4v) is 3.86. The Morgan fingerprint density at radius 1 is 1.10 bits per heavy atom. The number of nitrogens with one attached hydrogen (secondary N) is 1. The Hall–Kier alpha value is -1.06. The van der Waals surface area contributed by atoms with Gasteiger partial charge in [0, 0.05) is 6.04 Å². The zero-order valence-corrected chi connectivity index (χ0v) is 14.1. The van der Waals surface area contributed by atoms with Gasteiger partial charge < -0.3 is 10.2 Å². The van der Waals surface area contributed by atoms with E-state index in [2.05, 4.69) is 12.2 Å². The topological polar surface area (TPSA) is 49.4 Å². The molecule has 1 saturated carbocycles. The molecule has 1 aliphatic heterocycles. The number of amides is 2. The average molecular weight is 294 g/mol. The number of hydrogen-bond acceptors (Lipinski definition) is 2. The number of carbonyl (C=O) groups excluding carboxylic acids is 2. The number of nitrogens with zero attached hydrogens (tertiary/aromatic N) is 1. The van der Waals surface area contributed by atoms with E-state index >= 15 is 0 Å². The van der Waals surface area contributed by atoms with Gasteiger partial charge in [0.1, 0.15) is 12.1 Å². The Bertz CT molecular complexity index is 406. The molecule has 0 radical (unpaired) electrons. The lowest BCUT2D eigenvalue weighted by atomic mass is 9.83. The first-order chi connectivity index (χ1) is 9.82. The van der Waals surface area contributed by atoms with E-state index in [1.807, 2.05) is 32.6 Å². The highest BCUT2D eigenvalue weighted by atomic mass is 16.2. The molecule has 1 aliphatic carbocycles. The van der Waals surface area contributed by atoms with Gasteiger partial charge in [-0.1, -0.05) is 47.5 Å². The third-order valence-corrected chi connectivity index (χ3v) is 4.99. The van der Waals surface area contributed by atoms with Gasteiger partial charge in [0.25, 0.3) is 0 Å². The summed E-state index contributed by atoms with van der Waals surface area (Å²) in [7, 11) is 0. The van der Waals surface area contributed by atoms with E-state index in [0.29, 0.717) is 5.92 Å². The molecule has 2 fully saturated rings. The molecule has 2 aliphatic rings. The number of hydrogen-bond donors (Lipinski definition) is 1. The van der Waals surface area contributed by atoms with E-state index in [9.17, 15) is 9.59 Å². The molecule has 1 saturated heterocycles. The SMILES string of the molecule is CC1CCCC(N2C(=O)C(C(C)C)NC(=O)C2C(C)C)C1. The molecule has 1 N–H and O–H groups in total. The molecule has 21 heavy (non-hydrogen) atoms. The zero-order chi connectivity index (χ0) is 15.7. The molecule has 2 amide bonds. The van der Waals surface area contributed by atoms with E-state index in [1.165, 1.54) is 6.42 Å². The molecule has 4 nitrogen and oxygen atoms in total. The van der Waals surface area contributed by atoms with Crippen LogP contribution in [0.15, 0.2) is 0 Å². The first kappa shape index (κ1) is 16.3. The Kier molecular flexibility index (Phi) is 4.95. The van der Waals surface area contributed by atoms with Gasteiger partial charge in [-0.2, -0.15) is 0 Å². The van der Waals surface area contributed by atoms with Crippen molar-refractivity contribution in [3.05, 3.63) is 0 Å². The summed E-state index contributed by atoms with van der Waals surface area (Å²) in [5.74, 6) is 1.09. The summed E-state index contributed by atoms with van der Waals surface area (Å²) in [6.45, 7) is 10.3. The van der Waals surface area contributed by atoms with Crippen LogP contribution in [0.1, 0.15) is 60.3 Å². The highest BCUT2D eigenvalue weighted by molar-refractivity contribution is 5.97. The van der Waals surface area contributed by atoms with Crippen molar-refractivity contribution in [3.8, 4) is 0 Å². The molecule has 1 heterocycles. The van der Waals surface area contributed by atoms with Crippen molar-refractivity contribution in [2.45, 2.75) is 78.4 Å². The maximum absolute atomic E-state index is 12.9. The standard InChI is InChI=1S/C17H30N2O2/c1-10(2)14-17(21)19(13-8-6-7-12(5)9-13)15(11(3)4)16(20)18-14/h10-15H,6-9H2,1-5H3,(H,18,20). The summed E-state index contributed by atoms with van der Waals surface area (Å²) in [6.07, 6.45) is 4.48.